The number of hydrogen-bond donors (Lipinski definition) is 2. The number of halogens is 1. The van der Waals surface area contributed by atoms with Gasteiger partial charge in [0, 0.05) is 32.7 Å². The van der Waals surface area contributed by atoms with Crippen molar-refractivity contribution in [1.29, 1.82) is 0 Å². The monoisotopic (exact) mass is 511 g/mol. The van der Waals surface area contributed by atoms with Crippen LogP contribution in [0.2, 0.25) is 0 Å². The van der Waals surface area contributed by atoms with Crippen molar-refractivity contribution in [2.75, 3.05) is 33.9 Å². The van der Waals surface area contributed by atoms with Gasteiger partial charge in [0.25, 0.3) is 0 Å². The summed E-state index contributed by atoms with van der Waals surface area (Å²) in [6.45, 7) is 4.46. The van der Waals surface area contributed by atoms with E-state index < -0.39 is 0 Å². The Morgan fingerprint density at radius 1 is 1.17 bits per heavy atom. The molecule has 1 aliphatic heterocycles. The zero-order valence-corrected chi connectivity index (χ0v) is 19.6. The average molecular weight is 511 g/mol. The van der Waals surface area contributed by atoms with E-state index in [0.29, 0.717) is 26.3 Å². The number of ether oxygens (including phenoxy) is 3. The molecule has 0 amide bonds. The van der Waals surface area contributed by atoms with Crippen molar-refractivity contribution in [3.63, 3.8) is 0 Å². The molecule has 1 heterocycles. The molecule has 1 aliphatic rings. The number of rotatable bonds is 8. The molecule has 2 aromatic rings. The summed E-state index contributed by atoms with van der Waals surface area (Å²) in [4.78, 5) is 4.31. The van der Waals surface area contributed by atoms with Gasteiger partial charge in [-0.2, -0.15) is 0 Å². The largest absolute Gasteiger partial charge is 0.491 e. The van der Waals surface area contributed by atoms with Crippen LogP contribution in [0.25, 0.3) is 0 Å². The van der Waals surface area contributed by atoms with Crippen molar-refractivity contribution in [2.45, 2.75) is 26.0 Å². The van der Waals surface area contributed by atoms with Crippen LogP contribution in [-0.4, -0.2) is 46.0 Å². The highest BCUT2D eigenvalue weighted by molar-refractivity contribution is 14.0. The molecule has 158 valence electrons. The molecule has 0 saturated heterocycles. The first-order chi connectivity index (χ1) is 13.7. The molecule has 0 fully saturated rings. The van der Waals surface area contributed by atoms with Gasteiger partial charge in [0.15, 0.2) is 5.96 Å². The van der Waals surface area contributed by atoms with Crippen LogP contribution in [0.5, 0.6) is 11.5 Å². The van der Waals surface area contributed by atoms with Crippen LogP contribution in [0.1, 0.15) is 16.7 Å². The molecular formula is C22H30IN3O3. The van der Waals surface area contributed by atoms with Crippen LogP contribution in [0, 0.1) is 6.92 Å². The molecule has 0 radical (unpaired) electrons. The molecule has 0 spiro atoms. The van der Waals surface area contributed by atoms with Crippen molar-refractivity contribution in [3.8, 4) is 11.5 Å². The maximum Gasteiger partial charge on any atom is 0.191 e. The minimum absolute atomic E-state index is 0. The highest BCUT2D eigenvalue weighted by Gasteiger charge is 2.22. The topological polar surface area (TPSA) is 64.1 Å². The standard InChI is InChI=1S/C22H29N3O3.HI/c1-16-8-9-18(21(12-16)27-11-10-26-3)14-24-22(23-2)25-15-19-13-17-6-4-5-7-20(17)28-19;/h4-9,12,19H,10-11,13-15H2,1-3H3,(H2,23,24,25);1H. The van der Waals surface area contributed by atoms with Gasteiger partial charge in [0.1, 0.15) is 24.2 Å². The molecule has 0 aromatic heterocycles. The van der Waals surface area contributed by atoms with E-state index in [0.717, 1.165) is 35.0 Å². The molecule has 29 heavy (non-hydrogen) atoms. The lowest BCUT2D eigenvalue weighted by atomic mass is 10.1. The van der Waals surface area contributed by atoms with E-state index in [1.807, 2.05) is 24.3 Å². The summed E-state index contributed by atoms with van der Waals surface area (Å²) in [6, 6.07) is 14.4. The van der Waals surface area contributed by atoms with Crippen molar-refractivity contribution >= 4 is 29.9 Å². The Morgan fingerprint density at radius 3 is 2.76 bits per heavy atom. The van der Waals surface area contributed by atoms with E-state index in [4.69, 9.17) is 14.2 Å². The minimum Gasteiger partial charge on any atom is -0.491 e. The van der Waals surface area contributed by atoms with E-state index in [1.54, 1.807) is 14.2 Å². The molecule has 0 bridgehead atoms. The predicted molar refractivity (Wildman–Crippen MR) is 127 cm³/mol. The molecule has 0 aliphatic carbocycles. The fraction of sp³-hybridized carbons (Fsp3) is 0.409. The number of hydrogen-bond acceptors (Lipinski definition) is 4. The third-order valence-electron chi connectivity index (χ3n) is 4.65. The second-order valence-electron chi connectivity index (χ2n) is 6.81. The number of benzene rings is 2. The quantitative estimate of drug-likeness (QED) is 0.247. The van der Waals surface area contributed by atoms with Crippen LogP contribution < -0.4 is 20.1 Å². The molecular weight excluding hydrogens is 481 g/mol. The third-order valence-corrected chi connectivity index (χ3v) is 4.65. The Kier molecular flexibility index (Phi) is 9.53. The summed E-state index contributed by atoms with van der Waals surface area (Å²) in [5.74, 6) is 2.59. The molecule has 7 heteroatoms. The second kappa shape index (κ2) is 11.9. The van der Waals surface area contributed by atoms with Crippen molar-refractivity contribution in [3.05, 3.63) is 59.2 Å². The van der Waals surface area contributed by atoms with Crippen molar-refractivity contribution in [1.82, 2.24) is 10.6 Å². The number of methoxy groups -OCH3 is 1. The lowest BCUT2D eigenvalue weighted by Crippen LogP contribution is -2.42. The first-order valence-electron chi connectivity index (χ1n) is 9.60. The number of aliphatic imine (C=N–C) groups is 1. The van der Waals surface area contributed by atoms with E-state index in [1.165, 1.54) is 5.56 Å². The number of aryl methyl sites for hydroxylation is 1. The lowest BCUT2D eigenvalue weighted by molar-refractivity contribution is 0.145. The lowest BCUT2D eigenvalue weighted by Gasteiger charge is -2.17. The number of para-hydroxylation sites is 1. The minimum atomic E-state index is 0. The molecule has 1 unspecified atom stereocenters. The maximum absolute atomic E-state index is 5.97. The SMILES string of the molecule is CN=C(NCc1ccc(C)cc1OCCOC)NCC1Cc2ccccc2O1.I. The Bertz CT molecular complexity index is 789. The highest BCUT2D eigenvalue weighted by Crippen LogP contribution is 2.27. The summed E-state index contributed by atoms with van der Waals surface area (Å²) in [5, 5.41) is 6.71. The smallest absolute Gasteiger partial charge is 0.191 e. The number of nitrogens with one attached hydrogen (secondary N) is 2. The Balaban J connectivity index is 0.00000300. The normalized spacial score (nSPS) is 15.1. The van der Waals surface area contributed by atoms with Crippen molar-refractivity contribution in [2.24, 2.45) is 4.99 Å². The van der Waals surface area contributed by atoms with Crippen LogP contribution >= 0.6 is 24.0 Å². The first kappa shape index (κ1) is 23.3. The highest BCUT2D eigenvalue weighted by atomic mass is 127. The van der Waals surface area contributed by atoms with E-state index in [-0.39, 0.29) is 30.1 Å². The van der Waals surface area contributed by atoms with Crippen LogP contribution in [0.15, 0.2) is 47.5 Å². The fourth-order valence-electron chi connectivity index (χ4n) is 3.15. The van der Waals surface area contributed by atoms with Gasteiger partial charge in [-0.25, -0.2) is 0 Å². The predicted octanol–water partition coefficient (Wildman–Crippen LogP) is 3.31. The van der Waals surface area contributed by atoms with E-state index in [2.05, 4.69) is 40.7 Å². The molecule has 2 N–H and O–H groups in total. The van der Waals surface area contributed by atoms with E-state index in [9.17, 15) is 0 Å². The van der Waals surface area contributed by atoms with E-state index >= 15 is 0 Å². The zero-order chi connectivity index (χ0) is 19.8. The van der Waals surface area contributed by atoms with Gasteiger partial charge < -0.3 is 24.8 Å². The summed E-state index contributed by atoms with van der Waals surface area (Å²) >= 11 is 0. The molecule has 1 atom stereocenters. The molecule has 2 aromatic carbocycles. The summed E-state index contributed by atoms with van der Waals surface area (Å²) in [7, 11) is 3.44. The fourth-order valence-corrected chi connectivity index (χ4v) is 3.15. The summed E-state index contributed by atoms with van der Waals surface area (Å²) in [5.41, 5.74) is 3.50. The Morgan fingerprint density at radius 2 is 2.00 bits per heavy atom. The molecule has 3 rings (SSSR count). The number of guanidine groups is 1. The zero-order valence-electron chi connectivity index (χ0n) is 17.2. The van der Waals surface area contributed by atoms with Gasteiger partial charge in [-0.05, 0) is 30.2 Å². The van der Waals surface area contributed by atoms with Gasteiger partial charge in [-0.1, -0.05) is 30.3 Å². The molecule has 6 nitrogen and oxygen atoms in total. The van der Waals surface area contributed by atoms with Crippen LogP contribution in [0.3, 0.4) is 0 Å². The third kappa shape index (κ3) is 6.78. The van der Waals surface area contributed by atoms with Gasteiger partial charge in [0.2, 0.25) is 0 Å². The number of nitrogens with zero attached hydrogens (tertiary/aromatic N) is 1. The molecule has 0 saturated carbocycles. The second-order valence-corrected chi connectivity index (χ2v) is 6.81. The van der Waals surface area contributed by atoms with Crippen LogP contribution in [-0.2, 0) is 17.7 Å². The van der Waals surface area contributed by atoms with Crippen LogP contribution in [0.4, 0.5) is 0 Å². The maximum atomic E-state index is 5.97. The van der Waals surface area contributed by atoms with Gasteiger partial charge in [-0.15, -0.1) is 24.0 Å². The van der Waals surface area contributed by atoms with Crippen molar-refractivity contribution < 1.29 is 14.2 Å². The van der Waals surface area contributed by atoms with Gasteiger partial charge in [0.05, 0.1) is 13.2 Å². The van der Waals surface area contributed by atoms with Gasteiger partial charge >= 0.3 is 0 Å². The van der Waals surface area contributed by atoms with Gasteiger partial charge in [-0.3, -0.25) is 4.99 Å². The number of fused-ring (bicyclic) bond motifs is 1. The summed E-state index contributed by atoms with van der Waals surface area (Å²) < 4.78 is 16.9. The Labute approximate surface area is 190 Å². The summed E-state index contributed by atoms with van der Waals surface area (Å²) in [6.07, 6.45) is 1.03. The Hall–Kier alpha value is -2.00. The first-order valence-corrected chi connectivity index (χ1v) is 9.60. The average Bonchev–Trinajstić information content (AvgIpc) is 3.12.